The molecule has 0 unspecified atom stereocenters. The van der Waals surface area contributed by atoms with Crippen LogP contribution in [-0.4, -0.2) is 19.2 Å². The Kier molecular flexibility index (Phi) is 4.29. The van der Waals surface area contributed by atoms with Crippen LogP contribution in [0.15, 0.2) is 40.9 Å². The zero-order valence-corrected chi connectivity index (χ0v) is 13.1. The smallest absolute Gasteiger partial charge is 0.338 e. The maximum absolute atomic E-state index is 12.8. The van der Waals surface area contributed by atoms with E-state index < -0.39 is 11.8 Å². The molecular formula is C16H12BrFO4. The number of hydrogen-bond donors (Lipinski definition) is 0. The molecule has 0 amide bonds. The summed E-state index contributed by atoms with van der Waals surface area (Å²) >= 11 is 3.41. The molecule has 0 saturated carbocycles. The number of esters is 1. The van der Waals surface area contributed by atoms with Crippen LogP contribution < -0.4 is 9.47 Å². The van der Waals surface area contributed by atoms with Gasteiger partial charge in [-0.25, -0.2) is 9.18 Å². The third-order valence-electron chi connectivity index (χ3n) is 3.15. The highest BCUT2D eigenvalue weighted by molar-refractivity contribution is 9.10. The van der Waals surface area contributed by atoms with Crippen LogP contribution in [0.3, 0.4) is 0 Å². The Labute approximate surface area is 134 Å². The minimum Gasteiger partial charge on any atom is -0.486 e. The third-order valence-corrected chi connectivity index (χ3v) is 3.89. The summed E-state index contributed by atoms with van der Waals surface area (Å²) in [6, 6.07) is 8.77. The van der Waals surface area contributed by atoms with E-state index in [4.69, 9.17) is 14.2 Å². The SMILES string of the molecule is O=C(OCc1cc2c(cc1Br)OCCO2)c1ccc(F)cc1. The standard InChI is InChI=1S/C16H12BrFO4/c17-13-8-15-14(20-5-6-21-15)7-11(13)9-22-16(19)10-1-3-12(18)4-2-10/h1-4,7-8H,5-6,9H2. The predicted octanol–water partition coefficient (Wildman–Crippen LogP) is 3.72. The lowest BCUT2D eigenvalue weighted by Gasteiger charge is -2.19. The molecule has 0 aliphatic carbocycles. The van der Waals surface area contributed by atoms with Crippen LogP contribution in [0.4, 0.5) is 4.39 Å². The van der Waals surface area contributed by atoms with Gasteiger partial charge in [0.1, 0.15) is 25.6 Å². The molecule has 22 heavy (non-hydrogen) atoms. The zero-order chi connectivity index (χ0) is 15.5. The van der Waals surface area contributed by atoms with E-state index in [-0.39, 0.29) is 6.61 Å². The summed E-state index contributed by atoms with van der Waals surface area (Å²) in [5, 5.41) is 0. The number of halogens is 2. The van der Waals surface area contributed by atoms with Gasteiger partial charge in [-0.3, -0.25) is 0 Å². The van der Waals surface area contributed by atoms with Crippen molar-refractivity contribution >= 4 is 21.9 Å². The van der Waals surface area contributed by atoms with Gasteiger partial charge in [0, 0.05) is 10.0 Å². The molecule has 1 aliphatic heterocycles. The van der Waals surface area contributed by atoms with Crippen LogP contribution in [0.2, 0.25) is 0 Å². The molecule has 0 atom stereocenters. The molecule has 0 fully saturated rings. The van der Waals surface area contributed by atoms with Crippen LogP contribution in [0, 0.1) is 5.82 Å². The summed E-state index contributed by atoms with van der Waals surface area (Å²) < 4.78 is 29.8. The van der Waals surface area contributed by atoms with Gasteiger partial charge >= 0.3 is 5.97 Å². The van der Waals surface area contributed by atoms with Crippen LogP contribution >= 0.6 is 15.9 Å². The first-order valence-corrected chi connectivity index (χ1v) is 7.43. The molecule has 2 aromatic rings. The largest absolute Gasteiger partial charge is 0.486 e. The van der Waals surface area contributed by atoms with Crippen molar-refractivity contribution in [2.45, 2.75) is 6.61 Å². The van der Waals surface area contributed by atoms with Crippen molar-refractivity contribution in [1.29, 1.82) is 0 Å². The van der Waals surface area contributed by atoms with Gasteiger partial charge in [0.2, 0.25) is 0 Å². The lowest BCUT2D eigenvalue weighted by Crippen LogP contribution is -2.15. The number of ether oxygens (including phenoxy) is 3. The number of carbonyl (C=O) groups excluding carboxylic acids is 1. The average Bonchev–Trinajstić information content (AvgIpc) is 2.53. The molecule has 0 saturated heterocycles. The monoisotopic (exact) mass is 366 g/mol. The quantitative estimate of drug-likeness (QED) is 0.776. The lowest BCUT2D eigenvalue weighted by molar-refractivity contribution is 0.0471. The highest BCUT2D eigenvalue weighted by atomic mass is 79.9. The lowest BCUT2D eigenvalue weighted by atomic mass is 10.2. The Morgan fingerprint density at radius 2 is 1.77 bits per heavy atom. The fourth-order valence-corrected chi connectivity index (χ4v) is 2.47. The van der Waals surface area contributed by atoms with Gasteiger partial charge in [-0.1, -0.05) is 15.9 Å². The van der Waals surface area contributed by atoms with Gasteiger partial charge in [-0.15, -0.1) is 0 Å². The number of hydrogen-bond acceptors (Lipinski definition) is 4. The van der Waals surface area contributed by atoms with Crippen LogP contribution in [0.5, 0.6) is 11.5 Å². The molecule has 0 radical (unpaired) electrons. The van der Waals surface area contributed by atoms with Crippen molar-refractivity contribution < 1.29 is 23.4 Å². The summed E-state index contributed by atoms with van der Waals surface area (Å²) in [5.41, 5.74) is 1.06. The Bertz CT molecular complexity index is 700. The van der Waals surface area contributed by atoms with E-state index in [0.29, 0.717) is 30.3 Å². The molecule has 4 nitrogen and oxygen atoms in total. The number of fused-ring (bicyclic) bond motifs is 1. The number of carbonyl (C=O) groups is 1. The van der Waals surface area contributed by atoms with Gasteiger partial charge in [-0.2, -0.15) is 0 Å². The average molecular weight is 367 g/mol. The molecule has 0 spiro atoms. The molecule has 3 rings (SSSR count). The van der Waals surface area contributed by atoms with Crippen molar-refractivity contribution in [2.75, 3.05) is 13.2 Å². The highest BCUT2D eigenvalue weighted by Gasteiger charge is 2.16. The molecule has 0 bridgehead atoms. The number of rotatable bonds is 3. The second-order valence-electron chi connectivity index (χ2n) is 4.67. The second-order valence-corrected chi connectivity index (χ2v) is 5.52. The van der Waals surface area contributed by atoms with Crippen molar-refractivity contribution in [3.8, 4) is 11.5 Å². The van der Waals surface area contributed by atoms with Crippen molar-refractivity contribution in [2.24, 2.45) is 0 Å². The highest BCUT2D eigenvalue weighted by Crippen LogP contribution is 2.35. The first kappa shape index (κ1) is 14.8. The van der Waals surface area contributed by atoms with Gasteiger partial charge < -0.3 is 14.2 Å². The second kappa shape index (κ2) is 6.36. The number of benzene rings is 2. The first-order chi connectivity index (χ1) is 10.6. The van der Waals surface area contributed by atoms with Crippen LogP contribution in [0.1, 0.15) is 15.9 Å². The van der Waals surface area contributed by atoms with Gasteiger partial charge in [0.15, 0.2) is 11.5 Å². The van der Waals surface area contributed by atoms with E-state index in [1.54, 1.807) is 12.1 Å². The summed E-state index contributed by atoms with van der Waals surface area (Å²) in [4.78, 5) is 11.9. The van der Waals surface area contributed by atoms with Gasteiger partial charge in [-0.05, 0) is 36.4 Å². The Hall–Kier alpha value is -2.08. The van der Waals surface area contributed by atoms with Crippen molar-refractivity contribution in [1.82, 2.24) is 0 Å². The van der Waals surface area contributed by atoms with Crippen LogP contribution in [0.25, 0.3) is 0 Å². The van der Waals surface area contributed by atoms with Crippen molar-refractivity contribution in [3.05, 3.63) is 57.8 Å². The molecule has 1 heterocycles. The Morgan fingerprint density at radius 3 is 2.45 bits per heavy atom. The molecular weight excluding hydrogens is 355 g/mol. The predicted molar refractivity (Wildman–Crippen MR) is 80.7 cm³/mol. The maximum Gasteiger partial charge on any atom is 0.338 e. The summed E-state index contributed by atoms with van der Waals surface area (Å²) in [7, 11) is 0. The van der Waals surface area contributed by atoms with E-state index >= 15 is 0 Å². The topological polar surface area (TPSA) is 44.8 Å². The Morgan fingerprint density at radius 1 is 1.14 bits per heavy atom. The van der Waals surface area contributed by atoms with E-state index in [1.165, 1.54) is 24.3 Å². The molecule has 1 aliphatic rings. The minimum atomic E-state index is -0.512. The van der Waals surface area contributed by atoms with Gasteiger partial charge in [0.25, 0.3) is 0 Å². The van der Waals surface area contributed by atoms with E-state index in [9.17, 15) is 9.18 Å². The van der Waals surface area contributed by atoms with E-state index in [2.05, 4.69) is 15.9 Å². The molecule has 0 N–H and O–H groups in total. The zero-order valence-electron chi connectivity index (χ0n) is 11.5. The van der Waals surface area contributed by atoms with Gasteiger partial charge in [0.05, 0.1) is 5.56 Å². The van der Waals surface area contributed by atoms with Crippen LogP contribution in [-0.2, 0) is 11.3 Å². The summed E-state index contributed by atoms with van der Waals surface area (Å²) in [6.45, 7) is 1.08. The third kappa shape index (κ3) is 3.22. The summed E-state index contributed by atoms with van der Waals surface area (Å²) in [5.74, 6) is 0.377. The molecule has 0 aromatic heterocycles. The van der Waals surface area contributed by atoms with E-state index in [1.807, 2.05) is 0 Å². The fourth-order valence-electron chi connectivity index (χ4n) is 2.03. The normalized spacial score (nSPS) is 12.8. The van der Waals surface area contributed by atoms with Crippen molar-refractivity contribution in [3.63, 3.8) is 0 Å². The fraction of sp³-hybridized carbons (Fsp3) is 0.188. The first-order valence-electron chi connectivity index (χ1n) is 6.64. The molecule has 6 heteroatoms. The molecule has 114 valence electrons. The maximum atomic E-state index is 12.8. The molecule has 2 aromatic carbocycles. The summed E-state index contributed by atoms with van der Waals surface area (Å²) in [6.07, 6.45) is 0. The minimum absolute atomic E-state index is 0.0768. The Balaban J connectivity index is 1.71. The van der Waals surface area contributed by atoms with E-state index in [0.717, 1.165) is 10.0 Å².